The van der Waals surface area contributed by atoms with Crippen molar-refractivity contribution in [1.82, 2.24) is 9.55 Å². The van der Waals surface area contributed by atoms with Crippen molar-refractivity contribution in [3.8, 4) is 5.75 Å². The number of phosphoric acid groups is 4. The molecular weight excluding hydrogens is 703 g/mol. The molecule has 248 valence electrons. The lowest BCUT2D eigenvalue weighted by atomic mass is 10.1. The maximum atomic E-state index is 13.6. The fraction of sp³-hybridized carbons (Fsp3) is 0.316. The van der Waals surface area contributed by atoms with Crippen molar-refractivity contribution < 1.29 is 78.5 Å². The fourth-order valence-corrected chi connectivity index (χ4v) is 8.78. The maximum Gasteiger partial charge on any atom is 0.536 e. The summed E-state index contributed by atoms with van der Waals surface area (Å²) in [5.41, 5.74) is -2.86. The van der Waals surface area contributed by atoms with Crippen LogP contribution in [0.4, 0.5) is 4.39 Å². The normalized spacial score (nSPS) is 23.9. The first kappa shape index (κ1) is 35.2. The van der Waals surface area contributed by atoms with E-state index in [9.17, 15) is 61.7 Å². The molecule has 0 radical (unpaired) electrons. The number of nitrogens with zero attached hydrogens (tertiary/aromatic N) is 1. The summed E-state index contributed by atoms with van der Waals surface area (Å²) in [6, 6.07) is 4.49. The van der Waals surface area contributed by atoms with Crippen molar-refractivity contribution in [2.45, 2.75) is 31.8 Å². The molecule has 4 rings (SSSR count). The molecular formula is C19H21FN2O19P4. The quantitative estimate of drug-likeness (QED) is 0.113. The lowest BCUT2D eigenvalue weighted by Gasteiger charge is -2.21. The van der Waals surface area contributed by atoms with Gasteiger partial charge in [-0.25, -0.2) is 27.8 Å². The van der Waals surface area contributed by atoms with E-state index in [1.807, 2.05) is 0 Å². The van der Waals surface area contributed by atoms with Gasteiger partial charge in [-0.3, -0.25) is 23.8 Å². The molecule has 26 heteroatoms. The van der Waals surface area contributed by atoms with Crippen molar-refractivity contribution in [3.63, 3.8) is 0 Å². The van der Waals surface area contributed by atoms with E-state index in [0.29, 0.717) is 21.7 Å². The van der Waals surface area contributed by atoms with Crippen LogP contribution in [0.1, 0.15) is 18.2 Å². The molecule has 0 bridgehead atoms. The highest BCUT2D eigenvalue weighted by Gasteiger charge is 2.47. The van der Waals surface area contributed by atoms with E-state index >= 15 is 0 Å². The zero-order chi connectivity index (χ0) is 33.5. The molecule has 0 saturated carbocycles. The van der Waals surface area contributed by atoms with Crippen LogP contribution in [-0.4, -0.2) is 53.0 Å². The fourth-order valence-electron chi connectivity index (χ4n) is 3.83. The zero-order valence-corrected chi connectivity index (χ0v) is 25.7. The largest absolute Gasteiger partial charge is 0.536 e. The van der Waals surface area contributed by atoms with Gasteiger partial charge in [-0.05, 0) is 24.6 Å². The second kappa shape index (κ2) is 12.9. The Bertz CT molecular complexity index is 1990. The molecule has 7 atom stereocenters. The van der Waals surface area contributed by atoms with E-state index in [1.165, 1.54) is 12.1 Å². The summed E-state index contributed by atoms with van der Waals surface area (Å²) in [7, 11) is -23.6. The SMILES string of the molecule is Cc1cc(=O)oc2cc(OP(=O)(O)OP(=O)(O)OP(=O)(O)OP(=O)(O)OC[C@H]3O[C@@H](n4cc(F)c(=O)[nH]c4=O)C[C@@H]3O)ccc12. The number of hydrogen-bond donors (Lipinski definition) is 6. The van der Waals surface area contributed by atoms with Gasteiger partial charge in [-0.2, -0.15) is 17.3 Å². The second-order valence-corrected chi connectivity index (χ2v) is 15.1. The first-order valence-corrected chi connectivity index (χ1v) is 17.8. The molecule has 21 nitrogen and oxygen atoms in total. The van der Waals surface area contributed by atoms with E-state index in [2.05, 4.69) is 22.0 Å². The highest BCUT2D eigenvalue weighted by atomic mass is 31.3. The highest BCUT2D eigenvalue weighted by molar-refractivity contribution is 7.69. The third-order valence-electron chi connectivity index (χ3n) is 5.60. The van der Waals surface area contributed by atoms with E-state index < -0.39 is 91.2 Å². The number of ether oxygens (including phenoxy) is 1. The molecule has 1 aliphatic rings. The Labute approximate surface area is 247 Å². The third kappa shape index (κ3) is 9.22. The van der Waals surface area contributed by atoms with Gasteiger partial charge in [0.1, 0.15) is 23.7 Å². The van der Waals surface area contributed by atoms with Crippen LogP contribution in [-0.2, 0) is 40.5 Å². The number of aromatic nitrogens is 2. The minimum absolute atomic E-state index is 0.113. The molecule has 6 N–H and O–H groups in total. The van der Waals surface area contributed by atoms with Crippen LogP contribution < -0.4 is 21.4 Å². The molecule has 1 fully saturated rings. The number of aliphatic hydroxyl groups excluding tert-OH is 1. The minimum Gasteiger partial charge on any atom is -0.423 e. The van der Waals surface area contributed by atoms with Crippen LogP contribution in [0, 0.1) is 12.7 Å². The van der Waals surface area contributed by atoms with Gasteiger partial charge >= 0.3 is 42.6 Å². The molecule has 2 aromatic heterocycles. The molecule has 1 aliphatic heterocycles. The molecule has 0 amide bonds. The van der Waals surface area contributed by atoms with Gasteiger partial charge in [0, 0.05) is 23.9 Å². The molecule has 0 spiro atoms. The summed E-state index contributed by atoms with van der Waals surface area (Å²) < 4.78 is 93.6. The Balaban J connectivity index is 1.35. The molecule has 1 saturated heterocycles. The molecule has 3 heterocycles. The van der Waals surface area contributed by atoms with Gasteiger partial charge in [0.2, 0.25) is 5.82 Å². The molecule has 1 aromatic carbocycles. The summed E-state index contributed by atoms with van der Waals surface area (Å²) in [6.45, 7) is 0.472. The van der Waals surface area contributed by atoms with Gasteiger partial charge in [-0.15, -0.1) is 0 Å². The number of fused-ring (bicyclic) bond motifs is 1. The van der Waals surface area contributed by atoms with Gasteiger partial charge in [0.15, 0.2) is 0 Å². The van der Waals surface area contributed by atoms with E-state index in [-0.39, 0.29) is 5.58 Å². The van der Waals surface area contributed by atoms with Crippen molar-refractivity contribution in [2.24, 2.45) is 0 Å². The van der Waals surface area contributed by atoms with Crippen molar-refractivity contribution >= 4 is 42.3 Å². The average Bonchev–Trinajstić information content (AvgIpc) is 3.22. The summed E-state index contributed by atoms with van der Waals surface area (Å²) in [4.78, 5) is 75.4. The van der Waals surface area contributed by atoms with Crippen LogP contribution in [0.3, 0.4) is 0 Å². The minimum atomic E-state index is -6.14. The average molecular weight is 724 g/mol. The Morgan fingerprint density at radius 2 is 1.60 bits per heavy atom. The molecule has 45 heavy (non-hydrogen) atoms. The van der Waals surface area contributed by atoms with Gasteiger partial charge in [0.25, 0.3) is 5.56 Å². The lowest BCUT2D eigenvalue weighted by molar-refractivity contribution is -0.0452. The van der Waals surface area contributed by atoms with Gasteiger partial charge < -0.3 is 33.5 Å². The number of aliphatic hydroxyl groups is 1. The smallest absolute Gasteiger partial charge is 0.423 e. The number of aromatic amines is 1. The summed E-state index contributed by atoms with van der Waals surface area (Å²) in [6.07, 6.45) is -4.42. The zero-order valence-electron chi connectivity index (χ0n) is 22.1. The van der Waals surface area contributed by atoms with Crippen LogP contribution >= 0.6 is 31.3 Å². The Kier molecular flexibility index (Phi) is 10.1. The number of aryl methyl sites for hydroxylation is 1. The summed E-state index contributed by atoms with van der Waals surface area (Å²) >= 11 is 0. The monoisotopic (exact) mass is 724 g/mol. The lowest BCUT2D eigenvalue weighted by Crippen LogP contribution is -2.34. The Hall–Kier alpha value is -2.64. The van der Waals surface area contributed by atoms with E-state index in [4.69, 9.17) is 9.15 Å². The topological polar surface area (TPSA) is 310 Å². The first-order chi connectivity index (χ1) is 20.6. The predicted molar refractivity (Wildman–Crippen MR) is 142 cm³/mol. The molecule has 3 aromatic rings. The van der Waals surface area contributed by atoms with Crippen LogP contribution in [0.5, 0.6) is 5.75 Å². The van der Waals surface area contributed by atoms with Crippen LogP contribution in [0.15, 0.2) is 49.3 Å². The van der Waals surface area contributed by atoms with Crippen molar-refractivity contribution in [3.05, 3.63) is 73.1 Å². The van der Waals surface area contributed by atoms with Gasteiger partial charge in [-0.1, -0.05) is 0 Å². The van der Waals surface area contributed by atoms with Crippen LogP contribution in [0.2, 0.25) is 0 Å². The number of H-pyrrole nitrogens is 1. The first-order valence-electron chi connectivity index (χ1n) is 11.8. The number of benzene rings is 1. The standard InChI is InChI=1S/C19H21FN2O19P4/c1-9-4-17(24)37-14-5-10(2-3-11(9)14)38-43(29,30)40-45(33,34)41-44(31,32)39-42(27,28)35-8-15-13(23)6-16(36-15)22-7-12(20)18(25)21-19(22)26/h2-5,7,13,15-16,23H,6,8H2,1H3,(H,27,28)(H,29,30)(H,31,32)(H,33,34)(H,21,25,26)/t13-,15+,16+/m0/s1. The van der Waals surface area contributed by atoms with Crippen LogP contribution in [0.25, 0.3) is 11.0 Å². The summed E-state index contributed by atoms with van der Waals surface area (Å²) in [5, 5.41) is 10.5. The third-order valence-corrected chi connectivity index (χ3v) is 11.5. The Morgan fingerprint density at radius 1 is 0.978 bits per heavy atom. The van der Waals surface area contributed by atoms with E-state index in [0.717, 1.165) is 12.1 Å². The molecule has 4 unspecified atom stereocenters. The van der Waals surface area contributed by atoms with Crippen molar-refractivity contribution in [1.29, 1.82) is 0 Å². The predicted octanol–water partition coefficient (Wildman–Crippen LogP) is 1.29. The van der Waals surface area contributed by atoms with E-state index in [1.54, 1.807) is 11.9 Å². The highest BCUT2D eigenvalue weighted by Crippen LogP contribution is 2.71. The number of rotatable bonds is 12. The summed E-state index contributed by atoms with van der Waals surface area (Å²) in [5.74, 6) is -1.90. The Morgan fingerprint density at radius 3 is 2.27 bits per heavy atom. The van der Waals surface area contributed by atoms with Crippen molar-refractivity contribution in [2.75, 3.05) is 6.61 Å². The molecule has 0 aliphatic carbocycles. The second-order valence-electron chi connectivity index (χ2n) is 8.99. The van der Waals surface area contributed by atoms with Gasteiger partial charge in [0.05, 0.1) is 18.9 Å². The number of nitrogens with one attached hydrogen (secondary N) is 1. The maximum absolute atomic E-state index is 13.6. The number of halogens is 1. The number of hydrogen-bond acceptors (Lipinski definition) is 15. The number of phosphoric ester groups is 2.